The van der Waals surface area contributed by atoms with Crippen LogP contribution in [0.25, 0.3) is 22.1 Å². The molecular weight excluding hydrogens is 188 g/mol. The molecule has 0 fully saturated rings. The first-order valence-electron chi connectivity index (χ1n) is 4.68. The molecule has 2 heterocycles. The maximum atomic E-state index is 4.44. The third-order valence-corrected chi connectivity index (χ3v) is 2.27. The number of nitrogens with zero attached hydrogens (tertiary/aromatic N) is 4. The number of aryl methyl sites for hydroxylation is 1. The largest absolute Gasteiger partial charge is 0.253 e. The number of benzene rings is 1. The fraction of sp³-hybridized carbons (Fsp3) is 0.0909. The van der Waals surface area contributed by atoms with Gasteiger partial charge in [0, 0.05) is 18.6 Å². The van der Waals surface area contributed by atoms with Crippen molar-refractivity contribution in [1.82, 2.24) is 19.9 Å². The maximum absolute atomic E-state index is 4.44. The molecule has 0 bridgehead atoms. The average Bonchev–Trinajstić information content (AvgIpc) is 2.29. The van der Waals surface area contributed by atoms with Crippen LogP contribution in [0.3, 0.4) is 0 Å². The summed E-state index contributed by atoms with van der Waals surface area (Å²) < 4.78 is 0. The molecule has 0 aliphatic rings. The van der Waals surface area contributed by atoms with Gasteiger partial charge in [-0.2, -0.15) is 0 Å². The number of fused-ring (bicyclic) bond motifs is 3. The smallest absolute Gasteiger partial charge is 0.117 e. The highest BCUT2D eigenvalue weighted by Gasteiger charge is 2.04. The number of aromatic nitrogens is 4. The minimum absolute atomic E-state index is 0.811. The zero-order valence-corrected chi connectivity index (χ0v) is 8.18. The summed E-state index contributed by atoms with van der Waals surface area (Å²) in [5, 5.41) is 0. The van der Waals surface area contributed by atoms with Crippen LogP contribution in [-0.4, -0.2) is 19.9 Å². The van der Waals surface area contributed by atoms with Crippen molar-refractivity contribution in [2.24, 2.45) is 0 Å². The molecule has 0 aliphatic heterocycles. The molecule has 0 amide bonds. The van der Waals surface area contributed by atoms with E-state index in [2.05, 4.69) is 19.9 Å². The van der Waals surface area contributed by atoms with Crippen LogP contribution >= 0.6 is 0 Å². The first kappa shape index (κ1) is 8.23. The molecule has 0 N–H and O–H groups in total. The van der Waals surface area contributed by atoms with E-state index < -0.39 is 0 Å². The molecule has 0 aliphatic carbocycles. The molecule has 0 atom stereocenters. The third-order valence-electron chi connectivity index (χ3n) is 2.27. The Labute approximate surface area is 86.0 Å². The fourth-order valence-electron chi connectivity index (χ4n) is 1.59. The molecule has 3 rings (SSSR count). The van der Waals surface area contributed by atoms with E-state index in [1.165, 1.54) is 0 Å². The van der Waals surface area contributed by atoms with Crippen LogP contribution in [0.2, 0.25) is 0 Å². The first-order valence-corrected chi connectivity index (χ1v) is 4.68. The Morgan fingerprint density at radius 3 is 2.47 bits per heavy atom. The predicted octanol–water partition coefficient (Wildman–Crippen LogP) is 1.88. The van der Waals surface area contributed by atoms with Gasteiger partial charge in [-0.05, 0) is 19.1 Å². The molecule has 0 spiro atoms. The van der Waals surface area contributed by atoms with Gasteiger partial charge in [-0.15, -0.1) is 0 Å². The topological polar surface area (TPSA) is 51.6 Å². The van der Waals surface area contributed by atoms with Crippen LogP contribution in [0.4, 0.5) is 0 Å². The van der Waals surface area contributed by atoms with E-state index in [4.69, 9.17) is 0 Å². The number of rotatable bonds is 0. The van der Waals surface area contributed by atoms with E-state index in [9.17, 15) is 0 Å². The van der Waals surface area contributed by atoms with Crippen LogP contribution in [0.1, 0.15) is 5.69 Å². The van der Waals surface area contributed by atoms with E-state index in [0.29, 0.717) is 0 Å². The van der Waals surface area contributed by atoms with Crippen molar-refractivity contribution in [2.45, 2.75) is 6.92 Å². The van der Waals surface area contributed by atoms with Gasteiger partial charge in [-0.1, -0.05) is 0 Å². The van der Waals surface area contributed by atoms with Crippen molar-refractivity contribution in [3.05, 3.63) is 36.4 Å². The lowest BCUT2D eigenvalue weighted by Crippen LogP contribution is -1.91. The van der Waals surface area contributed by atoms with Gasteiger partial charge >= 0.3 is 0 Å². The van der Waals surface area contributed by atoms with Crippen molar-refractivity contribution in [2.75, 3.05) is 0 Å². The summed E-state index contributed by atoms with van der Waals surface area (Å²) >= 11 is 0. The second-order valence-corrected chi connectivity index (χ2v) is 3.37. The van der Waals surface area contributed by atoms with Crippen molar-refractivity contribution in [3.8, 4) is 0 Å². The van der Waals surface area contributed by atoms with E-state index in [0.717, 1.165) is 27.8 Å². The van der Waals surface area contributed by atoms with Crippen molar-refractivity contribution < 1.29 is 0 Å². The summed E-state index contributed by atoms with van der Waals surface area (Å²) in [6, 6.07) is 3.83. The van der Waals surface area contributed by atoms with Crippen LogP contribution in [-0.2, 0) is 0 Å². The fourth-order valence-corrected chi connectivity index (χ4v) is 1.59. The van der Waals surface area contributed by atoms with Gasteiger partial charge in [0.1, 0.15) is 11.0 Å². The van der Waals surface area contributed by atoms with E-state index in [1.54, 1.807) is 18.6 Å². The third kappa shape index (κ3) is 1.22. The van der Waals surface area contributed by atoms with E-state index >= 15 is 0 Å². The molecule has 15 heavy (non-hydrogen) atoms. The molecule has 4 nitrogen and oxygen atoms in total. The Hall–Kier alpha value is -2.10. The highest BCUT2D eigenvalue weighted by Crippen LogP contribution is 2.18. The summed E-state index contributed by atoms with van der Waals surface area (Å²) in [7, 11) is 0. The van der Waals surface area contributed by atoms with Crippen LogP contribution in [0.15, 0.2) is 30.7 Å². The van der Waals surface area contributed by atoms with Gasteiger partial charge in [0.2, 0.25) is 0 Å². The standard InChI is InChI=1S/C11H8N4/c1-7-6-14-9-3-2-8-10(11(9)15-7)13-5-4-12-8/h2-6H,1H3. The lowest BCUT2D eigenvalue weighted by molar-refractivity contribution is 1.18. The molecule has 3 aromatic rings. The predicted molar refractivity (Wildman–Crippen MR) is 57.4 cm³/mol. The average molecular weight is 196 g/mol. The molecule has 0 saturated heterocycles. The van der Waals surface area contributed by atoms with Gasteiger partial charge in [0.25, 0.3) is 0 Å². The molecule has 4 heteroatoms. The summed E-state index contributed by atoms with van der Waals surface area (Å²) in [6.45, 7) is 1.92. The Kier molecular flexibility index (Phi) is 1.62. The SMILES string of the molecule is Cc1cnc2ccc3nccnc3c2n1. The van der Waals surface area contributed by atoms with Gasteiger partial charge in [0.05, 0.1) is 16.7 Å². The summed E-state index contributed by atoms with van der Waals surface area (Å²) in [4.78, 5) is 17.3. The molecule has 72 valence electrons. The van der Waals surface area contributed by atoms with Crippen LogP contribution < -0.4 is 0 Å². The van der Waals surface area contributed by atoms with Crippen molar-refractivity contribution in [1.29, 1.82) is 0 Å². The summed E-state index contributed by atoms with van der Waals surface area (Å²) in [5.41, 5.74) is 4.23. The quantitative estimate of drug-likeness (QED) is 0.515. The van der Waals surface area contributed by atoms with Crippen LogP contribution in [0, 0.1) is 6.92 Å². The Morgan fingerprint density at radius 2 is 1.60 bits per heavy atom. The first-order chi connectivity index (χ1) is 7.34. The lowest BCUT2D eigenvalue weighted by Gasteiger charge is -2.00. The molecule has 0 radical (unpaired) electrons. The second-order valence-electron chi connectivity index (χ2n) is 3.37. The van der Waals surface area contributed by atoms with Gasteiger partial charge in [-0.25, -0.2) is 4.98 Å². The van der Waals surface area contributed by atoms with Gasteiger partial charge in [-0.3, -0.25) is 15.0 Å². The van der Waals surface area contributed by atoms with Crippen molar-refractivity contribution in [3.63, 3.8) is 0 Å². The normalized spacial score (nSPS) is 11.0. The second kappa shape index (κ2) is 2.95. The lowest BCUT2D eigenvalue weighted by atomic mass is 10.2. The van der Waals surface area contributed by atoms with E-state index in [1.807, 2.05) is 19.1 Å². The van der Waals surface area contributed by atoms with E-state index in [-0.39, 0.29) is 0 Å². The summed E-state index contributed by atoms with van der Waals surface area (Å²) in [6.07, 6.45) is 5.10. The highest BCUT2D eigenvalue weighted by molar-refractivity contribution is 5.99. The molecule has 2 aromatic heterocycles. The Morgan fingerprint density at radius 1 is 0.867 bits per heavy atom. The zero-order valence-electron chi connectivity index (χ0n) is 8.18. The Bertz CT molecular complexity index is 648. The number of hydrogen-bond acceptors (Lipinski definition) is 4. The Balaban J connectivity index is 2.57. The monoisotopic (exact) mass is 196 g/mol. The van der Waals surface area contributed by atoms with Crippen molar-refractivity contribution >= 4 is 22.1 Å². The minimum atomic E-state index is 0.811. The summed E-state index contributed by atoms with van der Waals surface area (Å²) in [5.74, 6) is 0. The molecule has 1 aromatic carbocycles. The van der Waals surface area contributed by atoms with Crippen LogP contribution in [0.5, 0.6) is 0 Å². The molecule has 0 saturated carbocycles. The number of hydrogen-bond donors (Lipinski definition) is 0. The molecule has 0 unspecified atom stereocenters. The molecular formula is C11H8N4. The minimum Gasteiger partial charge on any atom is -0.253 e. The zero-order chi connectivity index (χ0) is 10.3. The van der Waals surface area contributed by atoms with Gasteiger partial charge in [0.15, 0.2) is 0 Å². The van der Waals surface area contributed by atoms with Gasteiger partial charge < -0.3 is 0 Å². The highest BCUT2D eigenvalue weighted by atomic mass is 14.8. The maximum Gasteiger partial charge on any atom is 0.117 e.